The number of benzene rings is 1. The number of carbonyl (C=O) groups is 1. The Hall–Kier alpha value is -1.39. The summed E-state index contributed by atoms with van der Waals surface area (Å²) in [6.45, 7) is 0. The first-order valence-corrected chi connectivity index (χ1v) is 7.76. The van der Waals surface area contributed by atoms with Crippen LogP contribution in [-0.4, -0.2) is 5.91 Å². The van der Waals surface area contributed by atoms with E-state index in [9.17, 15) is 9.18 Å². The second-order valence-corrected chi connectivity index (χ2v) is 6.21. The third-order valence-electron chi connectivity index (χ3n) is 3.48. The number of fused-ring (bicyclic) bond motifs is 1. The van der Waals surface area contributed by atoms with E-state index in [-0.39, 0.29) is 10.9 Å². The molecule has 1 aromatic heterocycles. The van der Waals surface area contributed by atoms with Gasteiger partial charge in [0.05, 0.1) is 10.6 Å². The molecular formula is C15H13ClFNOS. The zero-order valence-electron chi connectivity index (χ0n) is 10.7. The van der Waals surface area contributed by atoms with E-state index in [4.69, 9.17) is 11.6 Å². The maximum Gasteiger partial charge on any atom is 0.256 e. The predicted octanol–water partition coefficient (Wildman–Crippen LogP) is 4.67. The molecular weight excluding hydrogens is 297 g/mol. The minimum Gasteiger partial charge on any atom is -0.322 e. The second kappa shape index (κ2) is 5.54. The SMILES string of the molecule is O=C(Nc1ccc(F)c(Cl)c1)c1csc2c1CCCC2. The van der Waals surface area contributed by atoms with Crippen LogP contribution < -0.4 is 5.32 Å². The van der Waals surface area contributed by atoms with E-state index in [2.05, 4.69) is 5.32 Å². The monoisotopic (exact) mass is 309 g/mol. The molecule has 0 spiro atoms. The summed E-state index contributed by atoms with van der Waals surface area (Å²) in [5.74, 6) is -0.635. The van der Waals surface area contributed by atoms with E-state index < -0.39 is 5.82 Å². The molecule has 1 amide bonds. The molecule has 20 heavy (non-hydrogen) atoms. The van der Waals surface area contributed by atoms with E-state index >= 15 is 0 Å². The molecule has 2 nitrogen and oxygen atoms in total. The molecule has 1 aliphatic carbocycles. The van der Waals surface area contributed by atoms with Crippen molar-refractivity contribution in [1.29, 1.82) is 0 Å². The minimum absolute atomic E-state index is 0.00940. The molecule has 0 saturated heterocycles. The highest BCUT2D eigenvalue weighted by Gasteiger charge is 2.20. The summed E-state index contributed by atoms with van der Waals surface area (Å²) in [7, 11) is 0. The summed E-state index contributed by atoms with van der Waals surface area (Å²) in [5.41, 5.74) is 2.43. The largest absolute Gasteiger partial charge is 0.322 e. The Morgan fingerprint density at radius 3 is 2.90 bits per heavy atom. The van der Waals surface area contributed by atoms with Crippen LogP contribution in [-0.2, 0) is 12.8 Å². The molecule has 1 aliphatic rings. The van der Waals surface area contributed by atoms with Crippen LogP contribution in [0, 0.1) is 5.82 Å². The predicted molar refractivity (Wildman–Crippen MR) is 80.3 cm³/mol. The Bertz CT molecular complexity index is 668. The zero-order chi connectivity index (χ0) is 14.1. The number of anilines is 1. The van der Waals surface area contributed by atoms with Gasteiger partial charge in [0.2, 0.25) is 0 Å². The molecule has 0 aliphatic heterocycles. The summed E-state index contributed by atoms with van der Waals surface area (Å²) in [6.07, 6.45) is 4.36. The fraction of sp³-hybridized carbons (Fsp3) is 0.267. The molecule has 0 saturated carbocycles. The lowest BCUT2D eigenvalue weighted by atomic mass is 9.95. The standard InChI is InChI=1S/C15H13ClFNOS/c16-12-7-9(5-6-13(12)17)18-15(19)11-8-20-14-4-2-1-3-10(11)14/h5-8H,1-4H2,(H,18,19). The molecule has 1 aromatic carbocycles. The number of aryl methyl sites for hydroxylation is 1. The van der Waals surface area contributed by atoms with Crippen molar-refractivity contribution in [2.45, 2.75) is 25.7 Å². The average Bonchev–Trinajstić information content (AvgIpc) is 2.87. The number of halogens is 2. The van der Waals surface area contributed by atoms with Crippen LogP contribution in [0.4, 0.5) is 10.1 Å². The van der Waals surface area contributed by atoms with E-state index in [1.807, 2.05) is 5.38 Å². The van der Waals surface area contributed by atoms with Crippen LogP contribution in [0.15, 0.2) is 23.6 Å². The van der Waals surface area contributed by atoms with E-state index in [0.29, 0.717) is 5.69 Å². The summed E-state index contributed by atoms with van der Waals surface area (Å²) < 4.78 is 13.1. The Balaban J connectivity index is 1.82. The Kier molecular flexibility index (Phi) is 3.76. The lowest BCUT2D eigenvalue weighted by molar-refractivity contribution is 0.102. The van der Waals surface area contributed by atoms with Gasteiger partial charge >= 0.3 is 0 Å². The fourth-order valence-electron chi connectivity index (χ4n) is 2.46. The molecule has 2 aromatic rings. The van der Waals surface area contributed by atoms with Crippen molar-refractivity contribution in [3.8, 4) is 0 Å². The van der Waals surface area contributed by atoms with Gasteiger partial charge in [0.25, 0.3) is 5.91 Å². The smallest absolute Gasteiger partial charge is 0.256 e. The number of hydrogen-bond donors (Lipinski definition) is 1. The lowest BCUT2D eigenvalue weighted by Crippen LogP contribution is -2.14. The van der Waals surface area contributed by atoms with Gasteiger partial charge in [-0.3, -0.25) is 4.79 Å². The van der Waals surface area contributed by atoms with Crippen LogP contribution >= 0.6 is 22.9 Å². The van der Waals surface area contributed by atoms with Crippen molar-refractivity contribution in [3.05, 3.63) is 50.4 Å². The van der Waals surface area contributed by atoms with Crippen molar-refractivity contribution in [2.24, 2.45) is 0 Å². The van der Waals surface area contributed by atoms with Gasteiger partial charge in [-0.1, -0.05) is 11.6 Å². The van der Waals surface area contributed by atoms with Gasteiger partial charge in [-0.05, 0) is 49.4 Å². The normalized spacial score (nSPS) is 13.9. The molecule has 1 N–H and O–H groups in total. The van der Waals surface area contributed by atoms with Crippen LogP contribution in [0.5, 0.6) is 0 Å². The van der Waals surface area contributed by atoms with Gasteiger partial charge in [0.15, 0.2) is 0 Å². The van der Waals surface area contributed by atoms with E-state index in [1.165, 1.54) is 35.1 Å². The highest BCUT2D eigenvalue weighted by molar-refractivity contribution is 7.10. The molecule has 0 radical (unpaired) electrons. The summed E-state index contributed by atoms with van der Waals surface area (Å²) in [4.78, 5) is 13.6. The fourth-order valence-corrected chi connectivity index (χ4v) is 3.76. The van der Waals surface area contributed by atoms with Crippen LogP contribution in [0.25, 0.3) is 0 Å². The maximum absolute atomic E-state index is 13.1. The van der Waals surface area contributed by atoms with Crippen molar-refractivity contribution >= 4 is 34.5 Å². The minimum atomic E-state index is -0.488. The maximum atomic E-state index is 13.1. The number of nitrogens with one attached hydrogen (secondary N) is 1. The van der Waals surface area contributed by atoms with Gasteiger partial charge in [0, 0.05) is 15.9 Å². The molecule has 5 heteroatoms. The molecule has 0 fully saturated rings. The highest BCUT2D eigenvalue weighted by atomic mass is 35.5. The van der Waals surface area contributed by atoms with Gasteiger partial charge in [-0.15, -0.1) is 11.3 Å². The van der Waals surface area contributed by atoms with Crippen LogP contribution in [0.1, 0.15) is 33.6 Å². The summed E-state index contributed by atoms with van der Waals surface area (Å²) in [5, 5.41) is 4.70. The van der Waals surface area contributed by atoms with Crippen molar-refractivity contribution in [3.63, 3.8) is 0 Å². The molecule has 1 heterocycles. The lowest BCUT2D eigenvalue weighted by Gasteiger charge is -2.12. The van der Waals surface area contributed by atoms with Gasteiger partial charge in [0.1, 0.15) is 5.82 Å². The average molecular weight is 310 g/mol. The summed E-state index contributed by atoms with van der Waals surface area (Å²) in [6, 6.07) is 4.19. The number of carbonyl (C=O) groups excluding carboxylic acids is 1. The quantitative estimate of drug-likeness (QED) is 0.858. The zero-order valence-corrected chi connectivity index (χ0v) is 12.3. The van der Waals surface area contributed by atoms with Crippen molar-refractivity contribution in [2.75, 3.05) is 5.32 Å². The Labute approximate surface area is 125 Å². The van der Waals surface area contributed by atoms with Crippen LogP contribution in [0.3, 0.4) is 0 Å². The third kappa shape index (κ3) is 2.58. The first kappa shape index (κ1) is 13.6. The molecule has 3 rings (SSSR count). The van der Waals surface area contributed by atoms with Crippen LogP contribution in [0.2, 0.25) is 5.02 Å². The number of hydrogen-bond acceptors (Lipinski definition) is 2. The van der Waals surface area contributed by atoms with Gasteiger partial charge in [-0.25, -0.2) is 4.39 Å². The Morgan fingerprint density at radius 1 is 1.30 bits per heavy atom. The topological polar surface area (TPSA) is 29.1 Å². The Morgan fingerprint density at radius 2 is 2.10 bits per heavy atom. The first-order valence-electron chi connectivity index (χ1n) is 6.51. The van der Waals surface area contributed by atoms with E-state index in [1.54, 1.807) is 11.3 Å². The molecule has 0 atom stereocenters. The molecule has 0 unspecified atom stereocenters. The van der Waals surface area contributed by atoms with E-state index in [0.717, 1.165) is 24.8 Å². The van der Waals surface area contributed by atoms with Gasteiger partial charge < -0.3 is 5.32 Å². The number of rotatable bonds is 2. The molecule has 0 bridgehead atoms. The number of thiophene rings is 1. The van der Waals surface area contributed by atoms with Gasteiger partial charge in [-0.2, -0.15) is 0 Å². The summed E-state index contributed by atoms with van der Waals surface area (Å²) >= 11 is 7.36. The number of amides is 1. The first-order chi connectivity index (χ1) is 9.65. The highest BCUT2D eigenvalue weighted by Crippen LogP contribution is 2.30. The molecule has 104 valence electrons. The second-order valence-electron chi connectivity index (χ2n) is 4.84. The van der Waals surface area contributed by atoms with Crippen molar-refractivity contribution < 1.29 is 9.18 Å². The third-order valence-corrected chi connectivity index (χ3v) is 4.86. The van der Waals surface area contributed by atoms with Crippen molar-refractivity contribution in [1.82, 2.24) is 0 Å².